The molecular formula is C20H15N3O4. The highest BCUT2D eigenvalue weighted by Crippen LogP contribution is 2.27. The van der Waals surface area contributed by atoms with E-state index in [4.69, 9.17) is 13.7 Å². The van der Waals surface area contributed by atoms with Crippen LogP contribution >= 0.6 is 0 Å². The average molecular weight is 361 g/mol. The summed E-state index contributed by atoms with van der Waals surface area (Å²) in [5.41, 5.74) is 1.65. The first kappa shape index (κ1) is 16.6. The fraction of sp³-hybridized carbons (Fsp3) is 0.0500. The third-order valence-electron chi connectivity index (χ3n) is 3.80. The van der Waals surface area contributed by atoms with Crippen LogP contribution in [0, 0.1) is 6.92 Å². The molecule has 0 fully saturated rings. The van der Waals surface area contributed by atoms with E-state index in [1.165, 1.54) is 12.3 Å². The first-order valence-electron chi connectivity index (χ1n) is 8.19. The lowest BCUT2D eigenvalue weighted by Crippen LogP contribution is -2.12. The lowest BCUT2D eigenvalue weighted by molar-refractivity contribution is 0.101. The molecule has 0 spiro atoms. The molecule has 1 N–H and O–H groups in total. The normalized spacial score (nSPS) is 10.6. The Morgan fingerprint density at radius 3 is 2.78 bits per heavy atom. The molecule has 3 heterocycles. The van der Waals surface area contributed by atoms with E-state index in [2.05, 4.69) is 15.5 Å². The van der Waals surface area contributed by atoms with Gasteiger partial charge in [0.15, 0.2) is 11.5 Å². The molecule has 4 aromatic rings. The molecule has 7 heteroatoms. The summed E-state index contributed by atoms with van der Waals surface area (Å²) in [6.07, 6.45) is 4.84. The van der Waals surface area contributed by atoms with Crippen molar-refractivity contribution in [1.82, 2.24) is 10.1 Å². The van der Waals surface area contributed by atoms with E-state index in [1.54, 1.807) is 42.7 Å². The van der Waals surface area contributed by atoms with Crippen molar-refractivity contribution in [3.8, 4) is 23.0 Å². The van der Waals surface area contributed by atoms with Crippen LogP contribution in [0.15, 0.2) is 76.1 Å². The number of nitrogens with one attached hydrogen (secondary N) is 1. The molecule has 0 bridgehead atoms. The summed E-state index contributed by atoms with van der Waals surface area (Å²) in [4.78, 5) is 16.4. The summed E-state index contributed by atoms with van der Waals surface area (Å²) in [7, 11) is 0. The van der Waals surface area contributed by atoms with Crippen molar-refractivity contribution in [1.29, 1.82) is 0 Å². The Kier molecular flexibility index (Phi) is 4.40. The Labute approximate surface area is 154 Å². The average Bonchev–Trinajstić information content (AvgIpc) is 3.36. The number of furan rings is 1. The predicted molar refractivity (Wildman–Crippen MR) is 97.6 cm³/mol. The molecule has 1 amide bonds. The Hall–Kier alpha value is -3.87. The largest absolute Gasteiger partial charge is 0.461 e. The van der Waals surface area contributed by atoms with Crippen molar-refractivity contribution in [3.05, 3.63) is 78.4 Å². The van der Waals surface area contributed by atoms with E-state index in [-0.39, 0.29) is 11.6 Å². The number of ether oxygens (including phenoxy) is 1. The van der Waals surface area contributed by atoms with Crippen LogP contribution in [0.5, 0.6) is 11.5 Å². The Balaban J connectivity index is 1.46. The number of carbonyl (C=O) groups excluding carboxylic acids is 1. The molecule has 0 saturated carbocycles. The topological polar surface area (TPSA) is 90.4 Å². The fourth-order valence-corrected chi connectivity index (χ4v) is 2.49. The number of aryl methyl sites for hydroxylation is 1. The summed E-state index contributed by atoms with van der Waals surface area (Å²) in [5.74, 6) is 1.85. The molecule has 0 saturated heterocycles. The maximum Gasteiger partial charge on any atom is 0.277 e. The van der Waals surface area contributed by atoms with Crippen molar-refractivity contribution in [3.63, 3.8) is 0 Å². The number of nitrogens with zero attached hydrogens (tertiary/aromatic N) is 2. The van der Waals surface area contributed by atoms with Gasteiger partial charge in [-0.2, -0.15) is 0 Å². The second-order valence-corrected chi connectivity index (χ2v) is 5.78. The number of carbonyl (C=O) groups is 1. The molecule has 0 atom stereocenters. The van der Waals surface area contributed by atoms with Gasteiger partial charge in [0.1, 0.15) is 11.5 Å². The molecule has 3 aromatic heterocycles. The summed E-state index contributed by atoms with van der Waals surface area (Å²) >= 11 is 0. The minimum atomic E-state index is -0.378. The number of anilines is 1. The van der Waals surface area contributed by atoms with Gasteiger partial charge in [-0.15, -0.1) is 0 Å². The second-order valence-electron chi connectivity index (χ2n) is 5.78. The van der Waals surface area contributed by atoms with E-state index in [9.17, 15) is 4.79 Å². The zero-order chi connectivity index (χ0) is 18.6. The highest BCUT2D eigenvalue weighted by Gasteiger charge is 2.15. The number of rotatable bonds is 5. The highest BCUT2D eigenvalue weighted by molar-refractivity contribution is 6.03. The van der Waals surface area contributed by atoms with Crippen LogP contribution in [0.4, 0.5) is 5.69 Å². The van der Waals surface area contributed by atoms with E-state index in [0.29, 0.717) is 28.7 Å². The quantitative estimate of drug-likeness (QED) is 0.555. The minimum Gasteiger partial charge on any atom is -0.461 e. The van der Waals surface area contributed by atoms with Gasteiger partial charge in [0, 0.05) is 18.0 Å². The highest BCUT2D eigenvalue weighted by atomic mass is 16.5. The number of benzene rings is 1. The van der Waals surface area contributed by atoms with Gasteiger partial charge in [0.25, 0.3) is 5.91 Å². The zero-order valence-corrected chi connectivity index (χ0v) is 14.4. The fourth-order valence-electron chi connectivity index (χ4n) is 2.49. The Bertz CT molecular complexity index is 1060. The summed E-state index contributed by atoms with van der Waals surface area (Å²) in [6.45, 7) is 1.90. The Morgan fingerprint density at radius 1 is 1.11 bits per heavy atom. The van der Waals surface area contributed by atoms with Crippen LogP contribution in [-0.2, 0) is 0 Å². The predicted octanol–water partition coefficient (Wildman–Crippen LogP) is 4.68. The lowest BCUT2D eigenvalue weighted by Gasteiger charge is -2.10. The molecular weight excluding hydrogens is 346 g/mol. The van der Waals surface area contributed by atoms with Gasteiger partial charge in [-0.1, -0.05) is 5.16 Å². The number of aromatic nitrogens is 2. The van der Waals surface area contributed by atoms with Crippen LogP contribution in [-0.4, -0.2) is 16.0 Å². The van der Waals surface area contributed by atoms with Gasteiger partial charge in [-0.25, -0.2) is 0 Å². The zero-order valence-electron chi connectivity index (χ0n) is 14.4. The molecule has 4 rings (SSSR count). The van der Waals surface area contributed by atoms with E-state index in [1.807, 2.05) is 19.1 Å². The molecule has 0 aliphatic carbocycles. The van der Waals surface area contributed by atoms with Crippen LogP contribution in [0.3, 0.4) is 0 Å². The third-order valence-corrected chi connectivity index (χ3v) is 3.80. The first-order valence-corrected chi connectivity index (χ1v) is 8.19. The summed E-state index contributed by atoms with van der Waals surface area (Å²) in [5, 5.41) is 6.57. The van der Waals surface area contributed by atoms with Crippen molar-refractivity contribution < 1.29 is 18.5 Å². The van der Waals surface area contributed by atoms with Crippen molar-refractivity contribution >= 4 is 11.6 Å². The molecule has 0 unspecified atom stereocenters. The van der Waals surface area contributed by atoms with Crippen LogP contribution in [0.1, 0.15) is 16.1 Å². The van der Waals surface area contributed by atoms with E-state index < -0.39 is 0 Å². The molecule has 27 heavy (non-hydrogen) atoms. The number of amides is 1. The smallest absolute Gasteiger partial charge is 0.277 e. The maximum absolute atomic E-state index is 12.4. The van der Waals surface area contributed by atoms with Crippen molar-refractivity contribution in [2.75, 3.05) is 5.32 Å². The third kappa shape index (κ3) is 3.72. The number of hydrogen-bond acceptors (Lipinski definition) is 6. The van der Waals surface area contributed by atoms with Crippen molar-refractivity contribution in [2.24, 2.45) is 0 Å². The lowest BCUT2D eigenvalue weighted by atomic mass is 10.2. The van der Waals surface area contributed by atoms with Crippen molar-refractivity contribution in [2.45, 2.75) is 6.92 Å². The number of hydrogen-bond donors (Lipinski definition) is 1. The maximum atomic E-state index is 12.4. The van der Waals surface area contributed by atoms with E-state index >= 15 is 0 Å². The molecule has 0 radical (unpaired) electrons. The van der Waals surface area contributed by atoms with Gasteiger partial charge < -0.3 is 19.0 Å². The molecule has 7 nitrogen and oxygen atoms in total. The molecule has 134 valence electrons. The van der Waals surface area contributed by atoms with Gasteiger partial charge in [0.2, 0.25) is 5.76 Å². The SMILES string of the molecule is Cc1cc(NC(=O)c2cc(-c3ccco3)on2)ccc1Oc1cccnc1. The van der Waals surface area contributed by atoms with Crippen LogP contribution in [0.2, 0.25) is 0 Å². The van der Waals surface area contributed by atoms with Crippen LogP contribution in [0.25, 0.3) is 11.5 Å². The molecule has 0 aliphatic rings. The Morgan fingerprint density at radius 2 is 2.04 bits per heavy atom. The minimum absolute atomic E-state index is 0.162. The number of pyridine rings is 1. The van der Waals surface area contributed by atoms with Gasteiger partial charge >= 0.3 is 0 Å². The van der Waals surface area contributed by atoms with E-state index in [0.717, 1.165) is 5.56 Å². The summed E-state index contributed by atoms with van der Waals surface area (Å²) in [6, 6.07) is 14.0. The molecule has 1 aromatic carbocycles. The molecule has 0 aliphatic heterocycles. The van der Waals surface area contributed by atoms with Gasteiger partial charge in [0.05, 0.1) is 12.5 Å². The first-order chi connectivity index (χ1) is 13.2. The summed E-state index contributed by atoms with van der Waals surface area (Å²) < 4.78 is 16.2. The standard InChI is InChI=1S/C20H15N3O4/c1-13-10-14(6-7-17(13)26-15-4-2-8-21-12-15)22-20(24)16-11-19(27-23-16)18-5-3-9-25-18/h2-12H,1H3,(H,22,24). The van der Waals surface area contributed by atoms with Crippen LogP contribution < -0.4 is 10.1 Å². The van der Waals surface area contributed by atoms with Gasteiger partial charge in [-0.05, 0) is 55.0 Å². The van der Waals surface area contributed by atoms with Gasteiger partial charge in [-0.3, -0.25) is 9.78 Å². The monoisotopic (exact) mass is 361 g/mol. The second kappa shape index (κ2) is 7.17.